The maximum atomic E-state index is 5.70. The first-order valence-corrected chi connectivity index (χ1v) is 6.28. The van der Waals surface area contributed by atoms with Gasteiger partial charge in [0.1, 0.15) is 5.75 Å². The summed E-state index contributed by atoms with van der Waals surface area (Å²) in [5, 5.41) is 0. The maximum absolute atomic E-state index is 5.70. The second-order valence-corrected chi connectivity index (χ2v) is 4.22. The summed E-state index contributed by atoms with van der Waals surface area (Å²) in [7, 11) is 1.62. The van der Waals surface area contributed by atoms with Gasteiger partial charge in [-0.15, -0.1) is 0 Å². The Hall–Kier alpha value is -3.02. The minimum atomic E-state index is -0.133. The number of benzene rings is 2. The molecule has 0 saturated heterocycles. The summed E-state index contributed by atoms with van der Waals surface area (Å²) in [6.07, 6.45) is 0. The van der Waals surface area contributed by atoms with Crippen molar-refractivity contribution in [1.29, 1.82) is 0 Å². The summed E-state index contributed by atoms with van der Waals surface area (Å²) < 4.78 is 5.38. The van der Waals surface area contributed by atoms with Crippen LogP contribution >= 0.6 is 0 Å². The fourth-order valence-corrected chi connectivity index (χ4v) is 1.95. The Morgan fingerprint density at radius 2 is 1.52 bits per heavy atom. The van der Waals surface area contributed by atoms with E-state index in [1.807, 2.05) is 48.5 Å². The van der Waals surface area contributed by atoms with E-state index in [4.69, 9.17) is 21.9 Å². The van der Waals surface area contributed by atoms with Crippen molar-refractivity contribution in [1.82, 2.24) is 0 Å². The summed E-state index contributed by atoms with van der Waals surface area (Å²) in [6.45, 7) is 0. The van der Waals surface area contributed by atoms with Crippen LogP contribution in [0, 0.1) is 0 Å². The number of methoxy groups -OCH3 is 1. The lowest BCUT2D eigenvalue weighted by Gasteiger charge is -2.10. The molecule has 0 heterocycles. The van der Waals surface area contributed by atoms with Crippen LogP contribution in [0.4, 0.5) is 5.69 Å². The van der Waals surface area contributed by atoms with Crippen LogP contribution in [0.25, 0.3) is 11.1 Å². The first-order chi connectivity index (χ1) is 10.1. The highest BCUT2D eigenvalue weighted by Crippen LogP contribution is 2.36. The van der Waals surface area contributed by atoms with E-state index >= 15 is 0 Å². The van der Waals surface area contributed by atoms with Crippen molar-refractivity contribution < 1.29 is 4.74 Å². The third-order valence-corrected chi connectivity index (χ3v) is 2.78. The van der Waals surface area contributed by atoms with Gasteiger partial charge in [-0.25, -0.2) is 4.99 Å². The Bertz CT molecular complexity index is 690. The SMILES string of the molecule is COc1ccccc1-c1ccccc1N=C(N)N=C(N)N. The van der Waals surface area contributed by atoms with Crippen molar-refractivity contribution in [2.75, 3.05) is 7.11 Å². The molecule has 0 aliphatic carbocycles. The number of hydrogen-bond donors (Lipinski definition) is 3. The molecule has 0 spiro atoms. The molecule has 0 amide bonds. The van der Waals surface area contributed by atoms with Gasteiger partial charge in [0.2, 0.25) is 5.96 Å². The molecule has 0 unspecified atom stereocenters. The lowest BCUT2D eigenvalue weighted by Crippen LogP contribution is -2.26. The monoisotopic (exact) mass is 283 g/mol. The van der Waals surface area contributed by atoms with Crippen LogP contribution in [0.5, 0.6) is 5.75 Å². The standard InChI is InChI=1S/C15H17N5O/c1-21-13-9-5-3-7-11(13)10-6-2-4-8-12(10)19-15(18)20-14(16)17/h2-9H,1H3,(H6,16,17,18,19,20). The molecule has 108 valence electrons. The molecule has 0 aromatic heterocycles. The van der Waals surface area contributed by atoms with Crippen molar-refractivity contribution in [3.05, 3.63) is 48.5 Å². The first-order valence-electron chi connectivity index (χ1n) is 6.28. The van der Waals surface area contributed by atoms with Crippen LogP contribution < -0.4 is 21.9 Å². The number of nitrogens with zero attached hydrogens (tertiary/aromatic N) is 2. The third-order valence-electron chi connectivity index (χ3n) is 2.78. The van der Waals surface area contributed by atoms with Crippen LogP contribution in [0.1, 0.15) is 0 Å². The van der Waals surface area contributed by atoms with Gasteiger partial charge >= 0.3 is 0 Å². The topological polar surface area (TPSA) is 112 Å². The molecule has 6 nitrogen and oxygen atoms in total. The lowest BCUT2D eigenvalue weighted by molar-refractivity contribution is 0.416. The zero-order valence-corrected chi connectivity index (χ0v) is 11.7. The molecule has 0 saturated carbocycles. The average molecular weight is 283 g/mol. The molecule has 0 radical (unpaired) electrons. The predicted molar refractivity (Wildman–Crippen MR) is 85.5 cm³/mol. The average Bonchev–Trinajstić information content (AvgIpc) is 2.47. The Labute approximate surface area is 123 Å². The van der Waals surface area contributed by atoms with E-state index in [9.17, 15) is 0 Å². The molecule has 0 bridgehead atoms. The van der Waals surface area contributed by atoms with Gasteiger partial charge < -0.3 is 21.9 Å². The number of hydrogen-bond acceptors (Lipinski definition) is 2. The maximum Gasteiger partial charge on any atom is 0.223 e. The third kappa shape index (κ3) is 3.50. The van der Waals surface area contributed by atoms with Crippen LogP contribution in [0.2, 0.25) is 0 Å². The van der Waals surface area contributed by atoms with E-state index in [1.54, 1.807) is 7.11 Å². The van der Waals surface area contributed by atoms with Gasteiger partial charge in [0, 0.05) is 11.1 Å². The van der Waals surface area contributed by atoms with Crippen LogP contribution in [0.3, 0.4) is 0 Å². The van der Waals surface area contributed by atoms with Crippen LogP contribution in [-0.4, -0.2) is 19.0 Å². The fourth-order valence-electron chi connectivity index (χ4n) is 1.95. The molecular weight excluding hydrogens is 266 g/mol. The van der Waals surface area contributed by atoms with Crippen molar-refractivity contribution in [2.45, 2.75) is 0 Å². The van der Waals surface area contributed by atoms with Gasteiger partial charge in [-0.05, 0) is 12.1 Å². The second-order valence-electron chi connectivity index (χ2n) is 4.22. The van der Waals surface area contributed by atoms with Gasteiger partial charge in [-0.3, -0.25) is 0 Å². The minimum absolute atomic E-state index is 0.00246. The largest absolute Gasteiger partial charge is 0.496 e. The van der Waals surface area contributed by atoms with Gasteiger partial charge in [0.15, 0.2) is 5.96 Å². The number of guanidine groups is 2. The van der Waals surface area contributed by atoms with Gasteiger partial charge in [0.05, 0.1) is 12.8 Å². The normalized spacial score (nSPS) is 11.0. The fraction of sp³-hybridized carbons (Fsp3) is 0.0667. The van der Waals surface area contributed by atoms with Gasteiger partial charge in [0.25, 0.3) is 0 Å². The van der Waals surface area contributed by atoms with E-state index in [0.29, 0.717) is 5.69 Å². The molecule has 0 aliphatic heterocycles. The minimum Gasteiger partial charge on any atom is -0.496 e. The number of nitrogens with two attached hydrogens (primary N) is 3. The molecule has 2 aromatic carbocycles. The summed E-state index contributed by atoms with van der Waals surface area (Å²) in [4.78, 5) is 7.96. The summed E-state index contributed by atoms with van der Waals surface area (Å²) >= 11 is 0. The number of ether oxygens (including phenoxy) is 1. The second kappa shape index (κ2) is 6.42. The summed E-state index contributed by atoms with van der Waals surface area (Å²) in [6, 6.07) is 15.2. The quantitative estimate of drug-likeness (QED) is 0.586. The van der Waals surface area contributed by atoms with E-state index < -0.39 is 0 Å². The molecule has 6 heteroatoms. The van der Waals surface area contributed by atoms with Crippen molar-refractivity contribution in [2.24, 2.45) is 27.2 Å². The van der Waals surface area contributed by atoms with E-state index in [0.717, 1.165) is 16.9 Å². The number of rotatable bonds is 3. The zero-order valence-electron chi connectivity index (χ0n) is 11.7. The Morgan fingerprint density at radius 1 is 0.905 bits per heavy atom. The summed E-state index contributed by atoms with van der Waals surface area (Å²) in [5.74, 6) is 0.615. The van der Waals surface area contributed by atoms with Crippen LogP contribution in [0.15, 0.2) is 58.5 Å². The lowest BCUT2D eigenvalue weighted by atomic mass is 10.0. The molecule has 2 rings (SSSR count). The van der Waals surface area contributed by atoms with E-state index in [1.165, 1.54) is 0 Å². The Kier molecular flexibility index (Phi) is 4.40. The zero-order chi connectivity index (χ0) is 15.2. The highest BCUT2D eigenvalue weighted by atomic mass is 16.5. The molecule has 0 atom stereocenters. The highest BCUT2D eigenvalue weighted by molar-refractivity contribution is 5.95. The first kappa shape index (κ1) is 14.4. The van der Waals surface area contributed by atoms with Gasteiger partial charge in [-0.2, -0.15) is 4.99 Å². The van der Waals surface area contributed by atoms with Crippen molar-refractivity contribution in [3.8, 4) is 16.9 Å². The smallest absolute Gasteiger partial charge is 0.223 e. The van der Waals surface area contributed by atoms with Crippen LogP contribution in [-0.2, 0) is 0 Å². The van der Waals surface area contributed by atoms with Crippen molar-refractivity contribution in [3.63, 3.8) is 0 Å². The summed E-state index contributed by atoms with van der Waals surface area (Å²) in [5.41, 5.74) is 18.7. The predicted octanol–water partition coefficient (Wildman–Crippen LogP) is 1.58. The van der Waals surface area contributed by atoms with E-state index in [2.05, 4.69) is 9.98 Å². The number of para-hydroxylation sites is 2. The number of aliphatic imine (C=N–C) groups is 2. The highest BCUT2D eigenvalue weighted by Gasteiger charge is 2.09. The molecule has 0 aliphatic rings. The molecule has 21 heavy (non-hydrogen) atoms. The molecule has 6 N–H and O–H groups in total. The van der Waals surface area contributed by atoms with Crippen molar-refractivity contribution >= 4 is 17.6 Å². The van der Waals surface area contributed by atoms with E-state index in [-0.39, 0.29) is 11.9 Å². The molecule has 0 fully saturated rings. The molecule has 2 aromatic rings. The Balaban J connectivity index is 2.54. The Morgan fingerprint density at radius 3 is 2.19 bits per heavy atom. The molecular formula is C15H17N5O. The van der Waals surface area contributed by atoms with Gasteiger partial charge in [-0.1, -0.05) is 36.4 Å².